The van der Waals surface area contributed by atoms with E-state index >= 15 is 0 Å². The number of amides is 2. The highest BCUT2D eigenvalue weighted by Crippen LogP contribution is 2.28. The Morgan fingerprint density at radius 2 is 1.64 bits per heavy atom. The molecule has 2 saturated heterocycles. The van der Waals surface area contributed by atoms with E-state index in [0.717, 1.165) is 77.8 Å². The SMILES string of the molecule is CC(C)(C)OC(=O)N1CCC(N2CCN(c3ncc(C(=O)N[C@H]4CC[C@H](Oc5ccc(C#N)c(Cl)c5)CC4)cn3)CC2)CC1. The maximum absolute atomic E-state index is 12.9. The number of nitrogens with zero attached hydrogens (tertiary/aromatic N) is 6. The molecule has 2 amide bonds. The molecule has 1 aromatic carbocycles. The Bertz CT molecular complexity index is 1340. The number of anilines is 1. The van der Waals surface area contributed by atoms with E-state index in [9.17, 15) is 9.59 Å². The van der Waals surface area contributed by atoms with Crippen LogP contribution in [0.25, 0.3) is 0 Å². The average Bonchev–Trinajstić information content (AvgIpc) is 3.01. The van der Waals surface area contributed by atoms with Gasteiger partial charge in [-0.25, -0.2) is 14.8 Å². The zero-order valence-corrected chi connectivity index (χ0v) is 26.6. The third-order valence-corrected chi connectivity index (χ3v) is 8.82. The number of piperidine rings is 1. The van der Waals surface area contributed by atoms with Gasteiger partial charge in [0.1, 0.15) is 17.4 Å². The van der Waals surface area contributed by atoms with Crippen LogP contribution in [0.4, 0.5) is 10.7 Å². The first kappa shape index (κ1) is 31.8. The van der Waals surface area contributed by atoms with Gasteiger partial charge in [-0.3, -0.25) is 9.69 Å². The lowest BCUT2D eigenvalue weighted by Gasteiger charge is -2.42. The van der Waals surface area contributed by atoms with Gasteiger partial charge in [0.15, 0.2) is 0 Å². The van der Waals surface area contributed by atoms with Gasteiger partial charge in [-0.05, 0) is 71.4 Å². The first-order valence-corrected chi connectivity index (χ1v) is 15.9. The van der Waals surface area contributed by atoms with E-state index in [1.54, 1.807) is 30.6 Å². The highest BCUT2D eigenvalue weighted by molar-refractivity contribution is 6.31. The lowest BCUT2D eigenvalue weighted by molar-refractivity contribution is 0.0139. The van der Waals surface area contributed by atoms with Crippen LogP contribution in [0, 0.1) is 11.3 Å². The lowest BCUT2D eigenvalue weighted by atomic mass is 9.92. The molecular weight excluding hydrogens is 582 g/mol. The summed E-state index contributed by atoms with van der Waals surface area (Å²) >= 11 is 6.12. The van der Waals surface area contributed by atoms with Crippen molar-refractivity contribution in [2.75, 3.05) is 44.2 Å². The molecule has 11 nitrogen and oxygen atoms in total. The topological polar surface area (TPSA) is 124 Å². The molecule has 5 rings (SSSR count). The normalized spacial score (nSPS) is 21.8. The number of aromatic nitrogens is 2. The van der Waals surface area contributed by atoms with Gasteiger partial charge in [0.25, 0.3) is 5.91 Å². The monoisotopic (exact) mass is 623 g/mol. The number of carbonyl (C=O) groups excluding carboxylic acids is 2. The van der Waals surface area contributed by atoms with Crippen molar-refractivity contribution in [1.29, 1.82) is 5.26 Å². The molecule has 3 aliphatic rings. The van der Waals surface area contributed by atoms with E-state index in [2.05, 4.69) is 31.2 Å². The molecule has 3 heterocycles. The molecule has 0 bridgehead atoms. The van der Waals surface area contributed by atoms with Crippen LogP contribution in [0.1, 0.15) is 75.2 Å². The van der Waals surface area contributed by atoms with E-state index in [1.165, 1.54) is 0 Å². The van der Waals surface area contributed by atoms with Crippen molar-refractivity contribution in [3.05, 3.63) is 46.7 Å². The molecule has 1 aliphatic carbocycles. The summed E-state index contributed by atoms with van der Waals surface area (Å²) in [5.74, 6) is 1.13. The number of hydrogen-bond donors (Lipinski definition) is 1. The number of halogens is 1. The number of hydrogen-bond acceptors (Lipinski definition) is 9. The number of likely N-dealkylation sites (tertiary alicyclic amines) is 1. The molecule has 0 radical (unpaired) electrons. The Kier molecular flexibility index (Phi) is 10.1. The highest BCUT2D eigenvalue weighted by Gasteiger charge is 2.31. The summed E-state index contributed by atoms with van der Waals surface area (Å²) in [6.45, 7) is 10.6. The molecule has 1 N–H and O–H groups in total. The van der Waals surface area contributed by atoms with Crippen molar-refractivity contribution < 1.29 is 19.1 Å². The van der Waals surface area contributed by atoms with Gasteiger partial charge < -0.3 is 24.6 Å². The average molecular weight is 624 g/mol. The maximum Gasteiger partial charge on any atom is 0.410 e. The number of nitrogens with one attached hydrogen (secondary N) is 1. The summed E-state index contributed by atoms with van der Waals surface area (Å²) in [4.78, 5) is 40.8. The molecule has 1 saturated carbocycles. The van der Waals surface area contributed by atoms with Gasteiger partial charge in [-0.1, -0.05) is 11.6 Å². The number of rotatable bonds is 6. The van der Waals surface area contributed by atoms with Gasteiger partial charge in [-0.15, -0.1) is 0 Å². The Morgan fingerprint density at radius 1 is 0.977 bits per heavy atom. The standard InChI is InChI=1S/C32H42ClN7O4/c1-32(2,3)44-31(42)40-12-10-25(11-13-40)38-14-16-39(17-15-38)30-35-20-23(21-36-30)29(41)37-24-5-8-26(9-6-24)43-27-7-4-22(19-34)28(33)18-27/h4,7,18,20-21,24-26H,5-6,8-17H2,1-3H3,(H,37,41)/t24-,26-. The fourth-order valence-electron chi connectivity index (χ4n) is 6.07. The van der Waals surface area contributed by atoms with Crippen molar-refractivity contribution in [3.8, 4) is 11.8 Å². The zero-order chi connectivity index (χ0) is 31.3. The molecule has 236 valence electrons. The summed E-state index contributed by atoms with van der Waals surface area (Å²) < 4.78 is 11.6. The lowest BCUT2D eigenvalue weighted by Crippen LogP contribution is -2.54. The summed E-state index contributed by atoms with van der Waals surface area (Å²) in [5, 5.41) is 12.6. The highest BCUT2D eigenvalue weighted by atomic mass is 35.5. The van der Waals surface area contributed by atoms with E-state index in [1.807, 2.05) is 25.7 Å². The first-order valence-electron chi connectivity index (χ1n) is 15.5. The number of nitriles is 1. The molecule has 2 aliphatic heterocycles. The molecule has 0 atom stereocenters. The first-order chi connectivity index (χ1) is 21.1. The van der Waals surface area contributed by atoms with Crippen LogP contribution < -0.4 is 15.0 Å². The third kappa shape index (κ3) is 8.30. The van der Waals surface area contributed by atoms with Gasteiger partial charge in [-0.2, -0.15) is 5.26 Å². The minimum absolute atomic E-state index is 0.0419. The van der Waals surface area contributed by atoms with E-state index in [4.69, 9.17) is 26.3 Å². The van der Waals surface area contributed by atoms with Gasteiger partial charge in [0.05, 0.1) is 22.3 Å². The molecule has 12 heteroatoms. The fraction of sp³-hybridized carbons (Fsp3) is 0.594. The quantitative estimate of drug-likeness (QED) is 0.490. The van der Waals surface area contributed by atoms with Gasteiger partial charge >= 0.3 is 6.09 Å². The smallest absolute Gasteiger partial charge is 0.410 e. The predicted molar refractivity (Wildman–Crippen MR) is 167 cm³/mol. The van der Waals surface area contributed by atoms with Crippen molar-refractivity contribution in [3.63, 3.8) is 0 Å². The van der Waals surface area contributed by atoms with Crippen LogP contribution in [-0.2, 0) is 4.74 Å². The van der Waals surface area contributed by atoms with Crippen LogP contribution >= 0.6 is 11.6 Å². The molecular formula is C32H42ClN7O4. The largest absolute Gasteiger partial charge is 0.490 e. The van der Waals surface area contributed by atoms with Crippen molar-refractivity contribution >= 4 is 29.5 Å². The predicted octanol–water partition coefficient (Wildman–Crippen LogP) is 4.64. The molecule has 0 unspecified atom stereocenters. The van der Waals surface area contributed by atoms with Crippen LogP contribution in [-0.4, -0.2) is 94.8 Å². The number of ether oxygens (including phenoxy) is 2. The minimum atomic E-state index is -0.477. The summed E-state index contributed by atoms with van der Waals surface area (Å²) in [7, 11) is 0. The number of piperazine rings is 1. The van der Waals surface area contributed by atoms with E-state index < -0.39 is 5.60 Å². The third-order valence-electron chi connectivity index (χ3n) is 8.50. The number of benzene rings is 1. The fourth-order valence-corrected chi connectivity index (χ4v) is 6.29. The van der Waals surface area contributed by atoms with Crippen molar-refractivity contribution in [2.24, 2.45) is 0 Å². The van der Waals surface area contributed by atoms with Gasteiger partial charge in [0, 0.05) is 69.8 Å². The van der Waals surface area contributed by atoms with Crippen LogP contribution in [0.2, 0.25) is 5.02 Å². The second kappa shape index (κ2) is 14.0. The van der Waals surface area contributed by atoms with Crippen LogP contribution in [0.5, 0.6) is 5.75 Å². The summed E-state index contributed by atoms with van der Waals surface area (Å²) in [5.41, 5.74) is 0.403. The van der Waals surface area contributed by atoms with Crippen LogP contribution in [0.15, 0.2) is 30.6 Å². The van der Waals surface area contributed by atoms with E-state index in [0.29, 0.717) is 33.9 Å². The Balaban J connectivity index is 1.02. The minimum Gasteiger partial charge on any atom is -0.490 e. The second-order valence-corrected chi connectivity index (χ2v) is 13.2. The van der Waals surface area contributed by atoms with E-state index in [-0.39, 0.29) is 24.1 Å². The Labute approximate surface area is 264 Å². The second-order valence-electron chi connectivity index (χ2n) is 12.8. The molecule has 0 spiro atoms. The zero-order valence-electron chi connectivity index (χ0n) is 25.8. The number of carbonyl (C=O) groups is 2. The summed E-state index contributed by atoms with van der Waals surface area (Å²) in [6.07, 6.45) is 8.17. The van der Waals surface area contributed by atoms with Crippen molar-refractivity contribution in [1.82, 2.24) is 25.1 Å². The maximum atomic E-state index is 12.9. The molecule has 1 aromatic heterocycles. The molecule has 44 heavy (non-hydrogen) atoms. The Hall–Kier alpha value is -3.62. The summed E-state index contributed by atoms with van der Waals surface area (Å²) in [6, 6.07) is 7.68. The van der Waals surface area contributed by atoms with Gasteiger partial charge in [0.2, 0.25) is 5.95 Å². The van der Waals surface area contributed by atoms with Crippen molar-refractivity contribution in [2.45, 2.75) is 83.1 Å². The molecule has 3 fully saturated rings. The Morgan fingerprint density at radius 3 is 2.23 bits per heavy atom. The molecule has 2 aromatic rings. The van der Waals surface area contributed by atoms with Crippen LogP contribution in [0.3, 0.4) is 0 Å².